The van der Waals surface area contributed by atoms with E-state index in [2.05, 4.69) is 5.32 Å². The van der Waals surface area contributed by atoms with E-state index in [1.807, 2.05) is 67.6 Å². The first-order valence-electron chi connectivity index (χ1n) is 9.34. The van der Waals surface area contributed by atoms with Crippen molar-refractivity contribution in [3.05, 3.63) is 102 Å². The zero-order chi connectivity index (χ0) is 19.8. The molecule has 0 radical (unpaired) electrons. The molecular formula is C24H23NO3. The van der Waals surface area contributed by atoms with Gasteiger partial charge in [-0.1, -0.05) is 67.6 Å². The summed E-state index contributed by atoms with van der Waals surface area (Å²) in [5, 5.41) is 2.84. The van der Waals surface area contributed by atoms with Crippen molar-refractivity contribution in [3.63, 3.8) is 0 Å². The fourth-order valence-electron chi connectivity index (χ4n) is 2.96. The molecule has 3 aromatic rings. The van der Waals surface area contributed by atoms with Crippen LogP contribution in [0.5, 0.6) is 0 Å². The minimum absolute atomic E-state index is 0.176. The Morgan fingerprint density at radius 2 is 1.46 bits per heavy atom. The zero-order valence-corrected chi connectivity index (χ0v) is 15.8. The molecule has 4 heteroatoms. The molecule has 3 aromatic carbocycles. The van der Waals surface area contributed by atoms with E-state index in [0.29, 0.717) is 12.0 Å². The summed E-state index contributed by atoms with van der Waals surface area (Å²) in [5.41, 5.74) is 3.10. The zero-order valence-electron chi connectivity index (χ0n) is 15.8. The van der Waals surface area contributed by atoms with Gasteiger partial charge in [-0.15, -0.1) is 0 Å². The molecule has 0 heterocycles. The van der Waals surface area contributed by atoms with Gasteiger partial charge in [-0.2, -0.15) is 0 Å². The molecule has 0 saturated carbocycles. The average molecular weight is 373 g/mol. The van der Waals surface area contributed by atoms with Crippen LogP contribution >= 0.6 is 0 Å². The molecule has 0 aliphatic heterocycles. The summed E-state index contributed by atoms with van der Waals surface area (Å²) < 4.78 is 5.49. The number of ether oxygens (including phenoxy) is 1. The first-order chi connectivity index (χ1) is 13.7. The largest absolute Gasteiger partial charge is 0.460 e. The van der Waals surface area contributed by atoms with E-state index >= 15 is 0 Å². The normalized spacial score (nSPS) is 11.5. The van der Waals surface area contributed by atoms with Crippen molar-refractivity contribution in [2.24, 2.45) is 0 Å². The SMILES string of the molecule is CC[C@H](C(=O)OCc1ccc(C(=O)Nc2ccccc2)cc1)c1ccccc1. The molecule has 28 heavy (non-hydrogen) atoms. The van der Waals surface area contributed by atoms with Crippen LogP contribution in [0.15, 0.2) is 84.9 Å². The predicted molar refractivity (Wildman–Crippen MR) is 110 cm³/mol. The molecule has 0 aromatic heterocycles. The molecular weight excluding hydrogens is 350 g/mol. The second-order valence-electron chi connectivity index (χ2n) is 6.50. The molecule has 0 unspecified atom stereocenters. The highest BCUT2D eigenvalue weighted by Gasteiger charge is 2.20. The van der Waals surface area contributed by atoms with Crippen LogP contribution in [0.3, 0.4) is 0 Å². The van der Waals surface area contributed by atoms with Crippen LogP contribution < -0.4 is 5.32 Å². The van der Waals surface area contributed by atoms with Gasteiger partial charge in [-0.3, -0.25) is 9.59 Å². The summed E-state index contributed by atoms with van der Waals surface area (Å²) in [5.74, 6) is -0.679. The van der Waals surface area contributed by atoms with Crippen LogP contribution in [0.1, 0.15) is 40.7 Å². The van der Waals surface area contributed by atoms with Gasteiger partial charge in [0.15, 0.2) is 0 Å². The van der Waals surface area contributed by atoms with Gasteiger partial charge in [0, 0.05) is 11.3 Å². The van der Waals surface area contributed by atoms with Gasteiger partial charge in [-0.25, -0.2) is 0 Å². The molecule has 3 rings (SSSR count). The number of esters is 1. The Labute approximate surface area is 165 Å². The van der Waals surface area contributed by atoms with E-state index in [1.165, 1.54) is 0 Å². The lowest BCUT2D eigenvalue weighted by Gasteiger charge is -2.14. The minimum atomic E-state index is -0.267. The second-order valence-corrected chi connectivity index (χ2v) is 6.50. The van der Waals surface area contributed by atoms with Crippen LogP contribution in [-0.2, 0) is 16.1 Å². The van der Waals surface area contributed by atoms with Gasteiger partial charge in [0.25, 0.3) is 5.91 Å². The van der Waals surface area contributed by atoms with Crippen molar-refractivity contribution in [1.29, 1.82) is 0 Å². The van der Waals surface area contributed by atoms with Crippen LogP contribution in [0, 0.1) is 0 Å². The first kappa shape index (κ1) is 19.4. The van der Waals surface area contributed by atoms with E-state index in [9.17, 15) is 9.59 Å². The number of amides is 1. The number of anilines is 1. The Morgan fingerprint density at radius 3 is 2.07 bits per heavy atom. The standard InChI is InChI=1S/C24H23NO3/c1-2-22(19-9-5-3-6-10-19)24(27)28-17-18-13-15-20(16-14-18)23(26)25-21-11-7-4-8-12-21/h3-16,22H,2,17H2,1H3,(H,25,26)/t22-/m0/s1. The van der Waals surface area contributed by atoms with E-state index in [-0.39, 0.29) is 24.4 Å². The lowest BCUT2D eigenvalue weighted by molar-refractivity contribution is -0.146. The molecule has 0 fully saturated rings. The van der Waals surface area contributed by atoms with Crippen LogP contribution in [0.25, 0.3) is 0 Å². The van der Waals surface area contributed by atoms with Crippen molar-refractivity contribution in [2.45, 2.75) is 25.9 Å². The van der Waals surface area contributed by atoms with Gasteiger partial charge in [0.1, 0.15) is 6.61 Å². The third-order valence-electron chi connectivity index (χ3n) is 4.52. The van der Waals surface area contributed by atoms with Crippen LogP contribution in [0.2, 0.25) is 0 Å². The lowest BCUT2D eigenvalue weighted by atomic mass is 9.97. The van der Waals surface area contributed by atoms with Crippen molar-refractivity contribution < 1.29 is 14.3 Å². The van der Waals surface area contributed by atoms with Gasteiger partial charge in [-0.05, 0) is 41.8 Å². The highest BCUT2D eigenvalue weighted by molar-refractivity contribution is 6.04. The molecule has 0 spiro atoms. The van der Waals surface area contributed by atoms with Crippen molar-refractivity contribution in [2.75, 3.05) is 5.32 Å². The maximum absolute atomic E-state index is 12.4. The fraction of sp³-hybridized carbons (Fsp3) is 0.167. The Balaban J connectivity index is 1.56. The number of carbonyl (C=O) groups excluding carboxylic acids is 2. The summed E-state index contributed by atoms with van der Waals surface area (Å²) in [6.45, 7) is 2.15. The Morgan fingerprint density at radius 1 is 0.857 bits per heavy atom. The maximum Gasteiger partial charge on any atom is 0.313 e. The third-order valence-corrected chi connectivity index (χ3v) is 4.52. The molecule has 1 N–H and O–H groups in total. The molecule has 0 aliphatic carbocycles. The number of carbonyl (C=O) groups is 2. The monoisotopic (exact) mass is 373 g/mol. The molecule has 0 bridgehead atoms. The Hall–Kier alpha value is -3.40. The van der Waals surface area contributed by atoms with Crippen molar-refractivity contribution in [1.82, 2.24) is 0 Å². The fourth-order valence-corrected chi connectivity index (χ4v) is 2.96. The minimum Gasteiger partial charge on any atom is -0.460 e. The average Bonchev–Trinajstić information content (AvgIpc) is 2.74. The van der Waals surface area contributed by atoms with E-state index in [0.717, 1.165) is 16.8 Å². The highest BCUT2D eigenvalue weighted by Crippen LogP contribution is 2.21. The van der Waals surface area contributed by atoms with Gasteiger partial charge in [0.2, 0.25) is 0 Å². The maximum atomic E-state index is 12.4. The summed E-state index contributed by atoms with van der Waals surface area (Å²) in [4.78, 5) is 24.7. The summed E-state index contributed by atoms with van der Waals surface area (Å²) in [6.07, 6.45) is 0.682. The summed E-state index contributed by atoms with van der Waals surface area (Å²) in [7, 11) is 0. The quantitative estimate of drug-likeness (QED) is 0.581. The first-order valence-corrected chi connectivity index (χ1v) is 9.34. The van der Waals surface area contributed by atoms with E-state index in [1.54, 1.807) is 24.3 Å². The molecule has 0 aliphatic rings. The summed E-state index contributed by atoms with van der Waals surface area (Å²) >= 11 is 0. The molecule has 0 saturated heterocycles. The van der Waals surface area contributed by atoms with Crippen LogP contribution in [-0.4, -0.2) is 11.9 Å². The predicted octanol–water partition coefficient (Wildman–Crippen LogP) is 5.18. The molecule has 1 amide bonds. The van der Waals surface area contributed by atoms with E-state index in [4.69, 9.17) is 4.74 Å². The number of hydrogen-bond donors (Lipinski definition) is 1. The number of rotatable bonds is 7. The lowest BCUT2D eigenvalue weighted by Crippen LogP contribution is -2.15. The second kappa shape index (κ2) is 9.51. The smallest absolute Gasteiger partial charge is 0.313 e. The number of benzene rings is 3. The molecule has 142 valence electrons. The van der Waals surface area contributed by atoms with Gasteiger partial charge in [0.05, 0.1) is 5.92 Å². The van der Waals surface area contributed by atoms with E-state index < -0.39 is 0 Å². The summed E-state index contributed by atoms with van der Waals surface area (Å²) in [6, 6.07) is 26.0. The Bertz CT molecular complexity index is 906. The molecule has 4 nitrogen and oxygen atoms in total. The Kier molecular flexibility index (Phi) is 6.58. The van der Waals surface area contributed by atoms with Crippen molar-refractivity contribution >= 4 is 17.6 Å². The number of nitrogens with one attached hydrogen (secondary N) is 1. The number of para-hydroxylation sites is 1. The van der Waals surface area contributed by atoms with Gasteiger partial charge < -0.3 is 10.1 Å². The highest BCUT2D eigenvalue weighted by atomic mass is 16.5. The number of hydrogen-bond acceptors (Lipinski definition) is 3. The van der Waals surface area contributed by atoms with Crippen molar-refractivity contribution in [3.8, 4) is 0 Å². The topological polar surface area (TPSA) is 55.4 Å². The molecule has 1 atom stereocenters. The van der Waals surface area contributed by atoms with Gasteiger partial charge >= 0.3 is 5.97 Å². The van der Waals surface area contributed by atoms with Crippen LogP contribution in [0.4, 0.5) is 5.69 Å². The third kappa shape index (κ3) is 5.07.